The van der Waals surface area contributed by atoms with Crippen LogP contribution in [0.3, 0.4) is 0 Å². The molecule has 148 valence electrons. The molecule has 0 aliphatic carbocycles. The number of nitrogens with zero attached hydrogens (tertiary/aromatic N) is 4. The Morgan fingerprint density at radius 2 is 1.04 bits per heavy atom. The van der Waals surface area contributed by atoms with E-state index in [4.69, 9.17) is 13.3 Å². The Balaban J connectivity index is 1.57. The van der Waals surface area contributed by atoms with Crippen molar-refractivity contribution in [3.05, 3.63) is 0 Å². The molecule has 0 aromatic rings. The molecule has 2 aliphatic heterocycles. The van der Waals surface area contributed by atoms with Crippen LogP contribution < -0.4 is 0 Å². The second-order valence-corrected chi connectivity index (χ2v) is 10.3. The van der Waals surface area contributed by atoms with Crippen LogP contribution in [0.5, 0.6) is 0 Å². The predicted octanol–water partition coefficient (Wildman–Crippen LogP) is 0.120. The Kier molecular flexibility index (Phi) is 9.29. The van der Waals surface area contributed by atoms with Gasteiger partial charge in [0.15, 0.2) is 0 Å². The molecule has 0 aromatic heterocycles. The van der Waals surface area contributed by atoms with Crippen LogP contribution in [-0.2, 0) is 13.3 Å². The van der Waals surface area contributed by atoms with Gasteiger partial charge in [0.2, 0.25) is 0 Å². The Morgan fingerprint density at radius 3 is 1.48 bits per heavy atom. The van der Waals surface area contributed by atoms with Gasteiger partial charge in [-0.05, 0) is 20.0 Å². The maximum Gasteiger partial charge on any atom is 0.500 e. The van der Waals surface area contributed by atoms with Crippen LogP contribution in [0.15, 0.2) is 0 Å². The first-order chi connectivity index (χ1) is 12.1. The summed E-state index contributed by atoms with van der Waals surface area (Å²) in [4.78, 5) is 10.2. The molecule has 0 bridgehead atoms. The third kappa shape index (κ3) is 6.87. The molecule has 0 spiro atoms. The maximum atomic E-state index is 5.50. The van der Waals surface area contributed by atoms with Crippen LogP contribution in [0.1, 0.15) is 6.42 Å². The Bertz CT molecular complexity index is 350. The van der Waals surface area contributed by atoms with E-state index < -0.39 is 8.80 Å². The normalized spacial score (nSPS) is 22.6. The zero-order valence-electron chi connectivity index (χ0n) is 16.7. The van der Waals surface area contributed by atoms with Crippen LogP contribution in [0.4, 0.5) is 0 Å². The van der Waals surface area contributed by atoms with Gasteiger partial charge in [0.25, 0.3) is 0 Å². The van der Waals surface area contributed by atoms with E-state index in [0.29, 0.717) is 0 Å². The highest BCUT2D eigenvalue weighted by molar-refractivity contribution is 6.60. The molecule has 2 saturated heterocycles. The molecule has 0 radical (unpaired) electrons. The third-order valence-corrected chi connectivity index (χ3v) is 8.52. The fourth-order valence-electron chi connectivity index (χ4n) is 3.67. The molecule has 0 unspecified atom stereocenters. The van der Waals surface area contributed by atoms with Crippen molar-refractivity contribution in [1.29, 1.82) is 0 Å². The highest BCUT2D eigenvalue weighted by Crippen LogP contribution is 2.16. The summed E-state index contributed by atoms with van der Waals surface area (Å²) in [5.41, 5.74) is 0. The smallest absolute Gasteiger partial charge is 0.377 e. The molecule has 0 saturated carbocycles. The summed E-state index contributed by atoms with van der Waals surface area (Å²) in [7, 11) is 4.90. The fraction of sp³-hybridized carbons (Fsp3) is 1.00. The van der Waals surface area contributed by atoms with Crippen molar-refractivity contribution in [1.82, 2.24) is 19.6 Å². The first-order valence-electron chi connectivity index (χ1n) is 9.62. The number of piperazine rings is 2. The minimum atomic E-state index is -2.40. The summed E-state index contributed by atoms with van der Waals surface area (Å²) >= 11 is 0. The monoisotopic (exact) mass is 374 g/mol. The lowest BCUT2D eigenvalue weighted by Crippen LogP contribution is -2.51. The molecular formula is C17H38N4O3Si. The molecule has 2 fully saturated rings. The molecule has 0 atom stereocenters. The number of likely N-dealkylation sites (N-methyl/N-ethyl adjacent to an activating group) is 1. The molecule has 7 nitrogen and oxygen atoms in total. The van der Waals surface area contributed by atoms with E-state index in [9.17, 15) is 0 Å². The van der Waals surface area contributed by atoms with Crippen molar-refractivity contribution < 1.29 is 13.3 Å². The first-order valence-corrected chi connectivity index (χ1v) is 11.5. The van der Waals surface area contributed by atoms with E-state index in [-0.39, 0.29) is 0 Å². The van der Waals surface area contributed by atoms with Gasteiger partial charge in [0.05, 0.1) is 0 Å². The highest BCUT2D eigenvalue weighted by atomic mass is 28.4. The van der Waals surface area contributed by atoms with E-state index in [1.807, 2.05) is 0 Å². The summed E-state index contributed by atoms with van der Waals surface area (Å²) in [6.45, 7) is 13.1. The topological polar surface area (TPSA) is 40.7 Å². The van der Waals surface area contributed by atoms with Crippen LogP contribution in [0.2, 0.25) is 6.04 Å². The lowest BCUT2D eigenvalue weighted by molar-refractivity contribution is 0.0981. The van der Waals surface area contributed by atoms with Crippen LogP contribution >= 0.6 is 0 Å². The average molecular weight is 375 g/mol. The van der Waals surface area contributed by atoms with Crippen molar-refractivity contribution in [2.75, 3.05) is 100 Å². The minimum Gasteiger partial charge on any atom is -0.377 e. The SMILES string of the molecule is CO[Si](CCCN1CCN(CCN2CCN(C)CC2)CC1)(OC)OC. The van der Waals surface area contributed by atoms with Gasteiger partial charge in [-0.3, -0.25) is 9.80 Å². The number of hydrogen-bond acceptors (Lipinski definition) is 7. The van der Waals surface area contributed by atoms with Crippen molar-refractivity contribution >= 4 is 8.80 Å². The lowest BCUT2D eigenvalue weighted by atomic mass is 10.2. The lowest BCUT2D eigenvalue weighted by Gasteiger charge is -2.37. The first kappa shape index (κ1) is 21.2. The number of hydrogen-bond donors (Lipinski definition) is 0. The standard InChI is InChI=1S/C17H38N4O3Si/c1-18-7-9-20(10-8-18)15-16-21-13-11-19(12-14-21)6-5-17-25(22-2,23-3)24-4/h5-17H2,1-4H3. The molecular weight excluding hydrogens is 336 g/mol. The van der Waals surface area contributed by atoms with E-state index >= 15 is 0 Å². The van der Waals surface area contributed by atoms with Gasteiger partial charge in [-0.15, -0.1) is 0 Å². The van der Waals surface area contributed by atoms with Crippen LogP contribution in [0, 0.1) is 0 Å². The molecule has 0 N–H and O–H groups in total. The zero-order valence-corrected chi connectivity index (χ0v) is 17.7. The Morgan fingerprint density at radius 1 is 0.640 bits per heavy atom. The van der Waals surface area contributed by atoms with Crippen LogP contribution in [0.25, 0.3) is 0 Å². The van der Waals surface area contributed by atoms with E-state index in [2.05, 4.69) is 26.6 Å². The molecule has 2 rings (SSSR count). The summed E-state index contributed by atoms with van der Waals surface area (Å²) in [6.07, 6.45) is 1.07. The minimum absolute atomic E-state index is 0.889. The van der Waals surface area contributed by atoms with Gasteiger partial charge >= 0.3 is 8.80 Å². The summed E-state index contributed by atoms with van der Waals surface area (Å²) in [5.74, 6) is 0. The van der Waals surface area contributed by atoms with Crippen molar-refractivity contribution in [3.8, 4) is 0 Å². The van der Waals surface area contributed by atoms with Crippen molar-refractivity contribution in [3.63, 3.8) is 0 Å². The summed E-state index contributed by atoms with van der Waals surface area (Å²) < 4.78 is 16.5. The molecule has 2 aliphatic rings. The maximum absolute atomic E-state index is 5.50. The second kappa shape index (κ2) is 10.9. The molecule has 0 aromatic carbocycles. The van der Waals surface area contributed by atoms with Crippen molar-refractivity contribution in [2.45, 2.75) is 12.5 Å². The second-order valence-electron chi connectivity index (χ2n) is 7.23. The Labute approximate surface area is 155 Å². The molecule has 2 heterocycles. The highest BCUT2D eigenvalue weighted by Gasteiger charge is 2.37. The van der Waals surface area contributed by atoms with E-state index in [0.717, 1.165) is 19.0 Å². The van der Waals surface area contributed by atoms with Gasteiger partial charge in [0.1, 0.15) is 0 Å². The Hall–Kier alpha value is -0.0631. The van der Waals surface area contributed by atoms with E-state index in [1.165, 1.54) is 65.4 Å². The van der Waals surface area contributed by atoms with Gasteiger partial charge in [-0.2, -0.15) is 0 Å². The number of rotatable bonds is 10. The van der Waals surface area contributed by atoms with Crippen molar-refractivity contribution in [2.24, 2.45) is 0 Å². The fourth-order valence-corrected chi connectivity index (χ4v) is 5.37. The summed E-state index contributed by atoms with van der Waals surface area (Å²) in [6, 6.07) is 0.889. The predicted molar refractivity (Wildman–Crippen MR) is 103 cm³/mol. The van der Waals surface area contributed by atoms with Gasteiger partial charge < -0.3 is 23.1 Å². The van der Waals surface area contributed by atoms with E-state index in [1.54, 1.807) is 21.3 Å². The zero-order chi connectivity index (χ0) is 18.1. The molecule has 8 heteroatoms. The van der Waals surface area contributed by atoms with Gasteiger partial charge in [-0.25, -0.2) is 0 Å². The summed E-state index contributed by atoms with van der Waals surface area (Å²) in [5, 5.41) is 0. The average Bonchev–Trinajstić information content (AvgIpc) is 2.66. The van der Waals surface area contributed by atoms with Gasteiger partial charge in [-0.1, -0.05) is 0 Å². The largest absolute Gasteiger partial charge is 0.500 e. The third-order valence-electron chi connectivity index (χ3n) is 5.68. The quantitative estimate of drug-likeness (QED) is 0.503. The van der Waals surface area contributed by atoms with Crippen LogP contribution in [-0.4, -0.2) is 129 Å². The molecule has 0 amide bonds. The van der Waals surface area contributed by atoms with Gasteiger partial charge in [0, 0.05) is 92.8 Å². The molecule has 25 heavy (non-hydrogen) atoms.